The van der Waals surface area contributed by atoms with Crippen LogP contribution in [0.25, 0.3) is 5.69 Å². The van der Waals surface area contributed by atoms with E-state index in [-0.39, 0.29) is 5.91 Å². The first-order valence-corrected chi connectivity index (χ1v) is 9.66. The molecule has 1 aromatic carbocycles. The minimum absolute atomic E-state index is 0.179. The highest BCUT2D eigenvalue weighted by molar-refractivity contribution is 7.15. The van der Waals surface area contributed by atoms with E-state index in [1.165, 1.54) is 24.2 Å². The van der Waals surface area contributed by atoms with E-state index in [4.69, 9.17) is 0 Å². The molecule has 0 radical (unpaired) electrons. The van der Waals surface area contributed by atoms with Crippen molar-refractivity contribution in [2.24, 2.45) is 0 Å². The molecule has 0 saturated carbocycles. The molecule has 0 aliphatic carbocycles. The maximum atomic E-state index is 12.4. The quantitative estimate of drug-likeness (QED) is 0.629. The zero-order chi connectivity index (χ0) is 18.5. The lowest BCUT2D eigenvalue weighted by Gasteiger charge is -2.06. The van der Waals surface area contributed by atoms with Crippen LogP contribution < -0.4 is 5.32 Å². The first-order valence-electron chi connectivity index (χ1n) is 8.84. The maximum Gasteiger partial charge on any atom is 0.257 e. The normalized spacial score (nSPS) is 10.9. The Morgan fingerprint density at radius 2 is 1.92 bits per heavy atom. The van der Waals surface area contributed by atoms with Crippen LogP contribution in [0.5, 0.6) is 0 Å². The number of unbranched alkanes of at least 4 members (excludes halogenated alkanes) is 2. The van der Waals surface area contributed by atoms with E-state index < -0.39 is 0 Å². The van der Waals surface area contributed by atoms with Gasteiger partial charge in [0.15, 0.2) is 0 Å². The lowest BCUT2D eigenvalue weighted by Crippen LogP contribution is -2.12. The van der Waals surface area contributed by atoms with Crippen molar-refractivity contribution < 1.29 is 4.79 Å². The number of benzene rings is 1. The number of aromatic nitrogens is 4. The molecule has 1 amide bonds. The summed E-state index contributed by atoms with van der Waals surface area (Å²) in [5, 5.41) is 17.0. The topological polar surface area (TPSA) is 72.7 Å². The predicted molar refractivity (Wildman–Crippen MR) is 104 cm³/mol. The van der Waals surface area contributed by atoms with Gasteiger partial charge in [-0.2, -0.15) is 5.10 Å². The van der Waals surface area contributed by atoms with Gasteiger partial charge in [0.1, 0.15) is 5.01 Å². The summed E-state index contributed by atoms with van der Waals surface area (Å²) in [5.74, 6) is -0.179. The van der Waals surface area contributed by atoms with E-state index in [2.05, 4.69) is 27.5 Å². The number of hydrogen-bond acceptors (Lipinski definition) is 5. The average molecular weight is 369 g/mol. The minimum atomic E-state index is -0.179. The van der Waals surface area contributed by atoms with Crippen molar-refractivity contribution in [2.75, 3.05) is 5.32 Å². The largest absolute Gasteiger partial charge is 0.296 e. The van der Waals surface area contributed by atoms with E-state index in [1.807, 2.05) is 36.7 Å². The first kappa shape index (κ1) is 18.3. The predicted octanol–water partition coefficient (Wildman–Crippen LogP) is 4.33. The zero-order valence-electron chi connectivity index (χ0n) is 15.3. The summed E-state index contributed by atoms with van der Waals surface area (Å²) in [6.45, 7) is 6.14. The van der Waals surface area contributed by atoms with Crippen LogP contribution in [0.2, 0.25) is 0 Å². The smallest absolute Gasteiger partial charge is 0.257 e. The Hall–Kier alpha value is -2.54. The number of anilines is 1. The summed E-state index contributed by atoms with van der Waals surface area (Å²) in [6, 6.07) is 9.40. The van der Waals surface area contributed by atoms with Crippen molar-refractivity contribution in [1.82, 2.24) is 20.0 Å². The van der Waals surface area contributed by atoms with Gasteiger partial charge < -0.3 is 0 Å². The Morgan fingerprint density at radius 1 is 1.15 bits per heavy atom. The van der Waals surface area contributed by atoms with Gasteiger partial charge in [0.25, 0.3) is 5.91 Å². The molecule has 26 heavy (non-hydrogen) atoms. The van der Waals surface area contributed by atoms with Gasteiger partial charge >= 0.3 is 0 Å². The van der Waals surface area contributed by atoms with Crippen molar-refractivity contribution in [3.05, 3.63) is 52.3 Å². The molecule has 7 heteroatoms. The summed E-state index contributed by atoms with van der Waals surface area (Å²) in [7, 11) is 0. The van der Waals surface area contributed by atoms with Crippen LogP contribution in [0.3, 0.4) is 0 Å². The molecule has 1 N–H and O–H groups in total. The summed E-state index contributed by atoms with van der Waals surface area (Å²) in [4.78, 5) is 12.4. The zero-order valence-corrected chi connectivity index (χ0v) is 16.1. The second-order valence-corrected chi connectivity index (χ2v) is 7.36. The number of carbonyl (C=O) groups is 1. The summed E-state index contributed by atoms with van der Waals surface area (Å²) in [5.41, 5.74) is 3.54. The van der Waals surface area contributed by atoms with Gasteiger partial charge in [0, 0.05) is 17.7 Å². The molecule has 0 aliphatic rings. The third kappa shape index (κ3) is 4.35. The molecular formula is C19H23N5OS. The molecule has 0 unspecified atom stereocenters. The Morgan fingerprint density at radius 3 is 2.58 bits per heavy atom. The summed E-state index contributed by atoms with van der Waals surface area (Å²) in [6.07, 6.45) is 4.38. The molecule has 0 aliphatic heterocycles. The fraction of sp³-hybridized carbons (Fsp3) is 0.368. The lowest BCUT2D eigenvalue weighted by molar-refractivity contribution is 0.102. The van der Waals surface area contributed by atoms with Crippen LogP contribution in [-0.4, -0.2) is 25.9 Å². The maximum absolute atomic E-state index is 12.4. The van der Waals surface area contributed by atoms with E-state index in [9.17, 15) is 4.79 Å². The van der Waals surface area contributed by atoms with Gasteiger partial charge in [0.05, 0.1) is 11.4 Å². The average Bonchev–Trinajstić information content (AvgIpc) is 3.21. The fourth-order valence-corrected chi connectivity index (χ4v) is 3.52. The van der Waals surface area contributed by atoms with Crippen LogP contribution in [0.4, 0.5) is 5.13 Å². The molecule has 6 nitrogen and oxygen atoms in total. The van der Waals surface area contributed by atoms with Crippen LogP contribution in [0.15, 0.2) is 30.3 Å². The number of rotatable bonds is 7. The third-order valence-corrected chi connectivity index (χ3v) is 4.96. The monoisotopic (exact) mass is 369 g/mol. The van der Waals surface area contributed by atoms with Crippen LogP contribution >= 0.6 is 11.3 Å². The third-order valence-electron chi connectivity index (χ3n) is 4.07. The second kappa shape index (κ2) is 8.23. The number of hydrogen-bond donors (Lipinski definition) is 1. The molecule has 0 bridgehead atoms. The fourth-order valence-electron chi connectivity index (χ4n) is 2.74. The van der Waals surface area contributed by atoms with E-state index in [0.29, 0.717) is 10.7 Å². The van der Waals surface area contributed by atoms with Crippen molar-refractivity contribution in [3.63, 3.8) is 0 Å². The molecule has 3 aromatic rings. The van der Waals surface area contributed by atoms with Gasteiger partial charge in [-0.1, -0.05) is 31.1 Å². The number of nitrogens with zero attached hydrogens (tertiary/aromatic N) is 4. The van der Waals surface area contributed by atoms with Crippen LogP contribution in [0.1, 0.15) is 52.9 Å². The Bertz CT molecular complexity index is 882. The number of carbonyl (C=O) groups excluding carboxylic acids is 1. The molecule has 2 heterocycles. The standard InChI is InChI=1S/C19H23N5OS/c1-4-5-6-7-17-21-22-19(26-17)20-18(25)15-8-10-16(11-9-15)24-14(3)12-13(2)23-24/h8-12H,4-7H2,1-3H3,(H,20,22,25). The first-order chi connectivity index (χ1) is 12.6. The lowest BCUT2D eigenvalue weighted by atomic mass is 10.2. The number of nitrogens with one attached hydrogen (secondary N) is 1. The van der Waals surface area contributed by atoms with Crippen molar-refractivity contribution >= 4 is 22.4 Å². The Kier molecular flexibility index (Phi) is 5.78. The summed E-state index contributed by atoms with van der Waals surface area (Å²) < 4.78 is 1.87. The molecular weight excluding hydrogens is 346 g/mol. The Labute approximate surface area is 157 Å². The van der Waals surface area contributed by atoms with Crippen LogP contribution in [0, 0.1) is 13.8 Å². The second-order valence-electron chi connectivity index (χ2n) is 6.30. The molecule has 2 aromatic heterocycles. The molecule has 0 saturated heterocycles. The molecule has 0 atom stereocenters. The minimum Gasteiger partial charge on any atom is -0.296 e. The van der Waals surface area contributed by atoms with Gasteiger partial charge in [0.2, 0.25) is 5.13 Å². The van der Waals surface area contributed by atoms with E-state index in [0.717, 1.165) is 34.9 Å². The highest BCUT2D eigenvalue weighted by Crippen LogP contribution is 2.19. The molecule has 136 valence electrons. The van der Waals surface area contributed by atoms with Gasteiger partial charge in [-0.3, -0.25) is 10.1 Å². The highest BCUT2D eigenvalue weighted by Gasteiger charge is 2.11. The number of amides is 1. The highest BCUT2D eigenvalue weighted by atomic mass is 32.1. The Balaban J connectivity index is 1.64. The van der Waals surface area contributed by atoms with Crippen molar-refractivity contribution in [3.8, 4) is 5.69 Å². The van der Waals surface area contributed by atoms with Gasteiger partial charge in [-0.05, 0) is 50.6 Å². The number of aryl methyl sites for hydroxylation is 3. The van der Waals surface area contributed by atoms with Gasteiger partial charge in [-0.15, -0.1) is 10.2 Å². The molecule has 0 fully saturated rings. The van der Waals surface area contributed by atoms with Crippen molar-refractivity contribution in [2.45, 2.75) is 46.5 Å². The molecule has 3 rings (SSSR count). The van der Waals surface area contributed by atoms with Gasteiger partial charge in [-0.25, -0.2) is 4.68 Å². The van der Waals surface area contributed by atoms with E-state index in [1.54, 1.807) is 12.1 Å². The SMILES string of the molecule is CCCCCc1nnc(NC(=O)c2ccc(-n3nc(C)cc3C)cc2)s1. The van der Waals surface area contributed by atoms with Crippen LogP contribution in [-0.2, 0) is 6.42 Å². The van der Waals surface area contributed by atoms with Crippen molar-refractivity contribution in [1.29, 1.82) is 0 Å². The summed E-state index contributed by atoms with van der Waals surface area (Å²) >= 11 is 1.44. The van der Waals surface area contributed by atoms with E-state index >= 15 is 0 Å². The molecule has 0 spiro atoms.